The molecule has 8 heteroatoms. The van der Waals surface area contributed by atoms with Gasteiger partial charge in [0, 0.05) is 12.1 Å². The molecular weight excluding hydrogens is 446 g/mol. The lowest BCUT2D eigenvalue weighted by Gasteiger charge is -2.25. The molecule has 176 valence electrons. The Hall–Kier alpha value is -3.19. The van der Waals surface area contributed by atoms with Crippen molar-refractivity contribution in [1.82, 2.24) is 4.90 Å². The van der Waals surface area contributed by atoms with Crippen molar-refractivity contribution in [3.8, 4) is 17.2 Å². The average molecular weight is 474 g/mol. The number of methoxy groups -OCH3 is 1. The number of rotatable bonds is 9. The van der Waals surface area contributed by atoms with Crippen LogP contribution in [0.2, 0.25) is 5.02 Å². The Kier molecular flexibility index (Phi) is 7.87. The van der Waals surface area contributed by atoms with E-state index in [2.05, 4.69) is 0 Å². The molecule has 2 aromatic carbocycles. The largest absolute Gasteiger partial charge is 0.507 e. The SMILES string of the molecule is CCCN1C(=O)C(=O)/C(=C(\O)c2ccc(Cl)c(OCC)c2)C1c1ccc(OC)c(OCC)c1. The van der Waals surface area contributed by atoms with Gasteiger partial charge in [-0.3, -0.25) is 9.59 Å². The van der Waals surface area contributed by atoms with Crippen molar-refractivity contribution in [2.45, 2.75) is 33.2 Å². The minimum Gasteiger partial charge on any atom is -0.507 e. The number of hydrogen-bond donors (Lipinski definition) is 1. The lowest BCUT2D eigenvalue weighted by molar-refractivity contribution is -0.139. The second-order valence-electron chi connectivity index (χ2n) is 7.41. The molecule has 0 saturated carbocycles. The highest BCUT2D eigenvalue weighted by molar-refractivity contribution is 6.46. The quantitative estimate of drug-likeness (QED) is 0.314. The van der Waals surface area contributed by atoms with E-state index in [0.717, 1.165) is 0 Å². The first-order valence-corrected chi connectivity index (χ1v) is 11.3. The van der Waals surface area contributed by atoms with E-state index in [1.54, 1.807) is 36.4 Å². The number of aliphatic hydroxyl groups is 1. The van der Waals surface area contributed by atoms with Crippen LogP contribution in [0.4, 0.5) is 0 Å². The highest BCUT2D eigenvalue weighted by Gasteiger charge is 2.46. The number of carbonyl (C=O) groups excluding carboxylic acids is 2. The van der Waals surface area contributed by atoms with Gasteiger partial charge in [-0.15, -0.1) is 0 Å². The summed E-state index contributed by atoms with van der Waals surface area (Å²) in [6, 6.07) is 9.18. The summed E-state index contributed by atoms with van der Waals surface area (Å²) < 4.78 is 16.6. The van der Waals surface area contributed by atoms with Gasteiger partial charge in [0.15, 0.2) is 11.5 Å². The molecular formula is C25H28ClNO6. The molecule has 1 unspecified atom stereocenters. The third kappa shape index (κ3) is 4.78. The van der Waals surface area contributed by atoms with E-state index in [4.69, 9.17) is 25.8 Å². The molecule has 0 aliphatic carbocycles. The van der Waals surface area contributed by atoms with E-state index in [9.17, 15) is 14.7 Å². The zero-order chi connectivity index (χ0) is 24.1. The zero-order valence-corrected chi connectivity index (χ0v) is 19.9. The number of carbonyl (C=O) groups is 2. The smallest absolute Gasteiger partial charge is 0.295 e. The zero-order valence-electron chi connectivity index (χ0n) is 19.2. The van der Waals surface area contributed by atoms with Gasteiger partial charge in [-0.1, -0.05) is 24.6 Å². The number of hydrogen-bond acceptors (Lipinski definition) is 6. The average Bonchev–Trinajstić information content (AvgIpc) is 3.05. The highest BCUT2D eigenvalue weighted by Crippen LogP contribution is 2.42. The standard InChI is InChI=1S/C25H28ClNO6/c1-5-12-27-22(15-9-11-18(31-4)20(13-15)33-7-3)21(24(29)25(27)30)23(28)16-8-10-17(26)19(14-16)32-6-2/h8-11,13-14,22,28H,5-7,12H2,1-4H3/b23-21-. The van der Waals surface area contributed by atoms with Gasteiger partial charge in [-0.2, -0.15) is 0 Å². The number of ketones is 1. The van der Waals surface area contributed by atoms with Gasteiger partial charge in [0.25, 0.3) is 11.7 Å². The predicted octanol–water partition coefficient (Wildman–Crippen LogP) is 4.98. The van der Waals surface area contributed by atoms with Gasteiger partial charge in [0.2, 0.25) is 0 Å². The summed E-state index contributed by atoms with van der Waals surface area (Å²) in [6.45, 7) is 6.75. The molecule has 1 amide bonds. The van der Waals surface area contributed by atoms with Crippen LogP contribution in [0.1, 0.15) is 44.4 Å². The Morgan fingerprint density at radius 1 is 1.00 bits per heavy atom. The second-order valence-corrected chi connectivity index (χ2v) is 7.82. The highest BCUT2D eigenvalue weighted by atomic mass is 35.5. The fourth-order valence-corrected chi connectivity index (χ4v) is 4.07. The van der Waals surface area contributed by atoms with E-state index in [-0.39, 0.29) is 11.3 Å². The summed E-state index contributed by atoms with van der Waals surface area (Å²) in [5.41, 5.74) is 0.971. The van der Waals surface area contributed by atoms with Crippen LogP contribution in [-0.4, -0.2) is 48.6 Å². The van der Waals surface area contributed by atoms with Crippen LogP contribution in [0.3, 0.4) is 0 Å². The first kappa shape index (κ1) is 24.5. The lowest BCUT2D eigenvalue weighted by Crippen LogP contribution is -2.30. The molecule has 1 fully saturated rings. The number of aliphatic hydroxyl groups excluding tert-OH is 1. The molecule has 3 rings (SSSR count). The Labute approximate surface area is 198 Å². The van der Waals surface area contributed by atoms with Crippen LogP contribution >= 0.6 is 11.6 Å². The van der Waals surface area contributed by atoms with Crippen molar-refractivity contribution in [3.63, 3.8) is 0 Å². The Morgan fingerprint density at radius 2 is 1.70 bits per heavy atom. The number of amides is 1. The van der Waals surface area contributed by atoms with Crippen molar-refractivity contribution in [2.24, 2.45) is 0 Å². The second kappa shape index (κ2) is 10.6. The predicted molar refractivity (Wildman–Crippen MR) is 126 cm³/mol. The summed E-state index contributed by atoms with van der Waals surface area (Å²) >= 11 is 6.18. The summed E-state index contributed by atoms with van der Waals surface area (Å²) in [6.07, 6.45) is 0.646. The topological polar surface area (TPSA) is 85.3 Å². The van der Waals surface area contributed by atoms with Gasteiger partial charge in [0.05, 0.1) is 37.0 Å². The molecule has 1 atom stereocenters. The van der Waals surface area contributed by atoms with Gasteiger partial charge >= 0.3 is 0 Å². The van der Waals surface area contributed by atoms with Crippen LogP contribution in [0.15, 0.2) is 42.0 Å². The first-order valence-electron chi connectivity index (χ1n) is 10.9. The summed E-state index contributed by atoms with van der Waals surface area (Å²) in [7, 11) is 1.54. The van der Waals surface area contributed by atoms with Crippen molar-refractivity contribution in [1.29, 1.82) is 0 Å². The van der Waals surface area contributed by atoms with E-state index < -0.39 is 17.7 Å². The molecule has 1 saturated heterocycles. The summed E-state index contributed by atoms with van der Waals surface area (Å²) in [5, 5.41) is 11.6. The van der Waals surface area contributed by atoms with Crippen molar-refractivity contribution >= 4 is 29.1 Å². The summed E-state index contributed by atoms with van der Waals surface area (Å²) in [5.74, 6) is -0.283. The fourth-order valence-electron chi connectivity index (χ4n) is 3.90. The van der Waals surface area contributed by atoms with E-state index >= 15 is 0 Å². The van der Waals surface area contributed by atoms with E-state index in [0.29, 0.717) is 59.6 Å². The van der Waals surface area contributed by atoms with Crippen molar-refractivity contribution in [2.75, 3.05) is 26.9 Å². The summed E-state index contributed by atoms with van der Waals surface area (Å²) in [4.78, 5) is 27.5. The first-order chi connectivity index (χ1) is 15.9. The van der Waals surface area contributed by atoms with Crippen LogP contribution in [0.5, 0.6) is 17.2 Å². The van der Waals surface area contributed by atoms with Crippen LogP contribution in [0, 0.1) is 0 Å². The van der Waals surface area contributed by atoms with Crippen molar-refractivity contribution in [3.05, 3.63) is 58.1 Å². The maximum atomic E-state index is 13.1. The third-order valence-electron chi connectivity index (χ3n) is 5.31. The monoisotopic (exact) mass is 473 g/mol. The maximum Gasteiger partial charge on any atom is 0.295 e. The number of nitrogens with zero attached hydrogens (tertiary/aromatic N) is 1. The number of Topliss-reactive ketones (excluding diaryl/α,β-unsaturated/α-hetero) is 1. The molecule has 0 bridgehead atoms. The molecule has 0 spiro atoms. The number of benzene rings is 2. The number of halogens is 1. The van der Waals surface area contributed by atoms with Crippen molar-refractivity contribution < 1.29 is 28.9 Å². The van der Waals surface area contributed by atoms with Gasteiger partial charge in [-0.25, -0.2) is 0 Å². The number of likely N-dealkylation sites (tertiary alicyclic amines) is 1. The Morgan fingerprint density at radius 3 is 2.33 bits per heavy atom. The van der Waals surface area contributed by atoms with Crippen LogP contribution in [-0.2, 0) is 9.59 Å². The minimum absolute atomic E-state index is 0.00540. The lowest BCUT2D eigenvalue weighted by atomic mass is 9.95. The fraction of sp³-hybridized carbons (Fsp3) is 0.360. The molecule has 1 aliphatic heterocycles. The van der Waals surface area contributed by atoms with Gasteiger partial charge < -0.3 is 24.2 Å². The van der Waals surface area contributed by atoms with Gasteiger partial charge in [-0.05, 0) is 56.2 Å². The van der Waals surface area contributed by atoms with Gasteiger partial charge in [0.1, 0.15) is 11.5 Å². The molecule has 33 heavy (non-hydrogen) atoms. The Bertz CT molecular complexity index is 1080. The molecule has 7 nitrogen and oxygen atoms in total. The maximum absolute atomic E-state index is 13.1. The molecule has 0 radical (unpaired) electrons. The van der Waals surface area contributed by atoms with E-state index in [1.807, 2.05) is 20.8 Å². The van der Waals surface area contributed by atoms with Crippen LogP contribution < -0.4 is 14.2 Å². The third-order valence-corrected chi connectivity index (χ3v) is 5.62. The number of ether oxygens (including phenoxy) is 3. The molecule has 2 aromatic rings. The molecule has 0 aromatic heterocycles. The minimum atomic E-state index is -0.777. The molecule has 1 aliphatic rings. The Balaban J connectivity index is 2.20. The molecule has 1 heterocycles. The normalized spacial score (nSPS) is 17.4. The van der Waals surface area contributed by atoms with Crippen LogP contribution in [0.25, 0.3) is 5.76 Å². The molecule has 1 N–H and O–H groups in total. The van der Waals surface area contributed by atoms with E-state index in [1.165, 1.54) is 12.0 Å².